The van der Waals surface area contributed by atoms with Crippen molar-refractivity contribution in [3.05, 3.63) is 29.8 Å². The van der Waals surface area contributed by atoms with Gasteiger partial charge in [0.15, 0.2) is 0 Å². The molecule has 1 amide bonds. The van der Waals surface area contributed by atoms with E-state index in [1.54, 1.807) is 14.2 Å². The van der Waals surface area contributed by atoms with E-state index in [2.05, 4.69) is 5.32 Å². The molecule has 0 heterocycles. The zero-order valence-electron chi connectivity index (χ0n) is 12.7. The Balaban J connectivity index is 2.00. The Kier molecular flexibility index (Phi) is 5.59. The van der Waals surface area contributed by atoms with Crippen LogP contribution in [0, 0.1) is 5.92 Å². The van der Waals surface area contributed by atoms with E-state index < -0.39 is 0 Å². The number of hydrogen-bond acceptors (Lipinski definition) is 4. The molecule has 5 heteroatoms. The third kappa shape index (κ3) is 4.44. The minimum Gasteiger partial charge on any atom is -0.497 e. The van der Waals surface area contributed by atoms with Crippen LogP contribution in [0.3, 0.4) is 0 Å². The lowest BCUT2D eigenvalue weighted by Gasteiger charge is -2.21. The second kappa shape index (κ2) is 7.43. The van der Waals surface area contributed by atoms with Gasteiger partial charge >= 0.3 is 0 Å². The van der Waals surface area contributed by atoms with Gasteiger partial charge in [-0.1, -0.05) is 12.1 Å². The van der Waals surface area contributed by atoms with Gasteiger partial charge in [0, 0.05) is 13.7 Å². The fraction of sp³-hybridized carbons (Fsp3) is 0.562. The van der Waals surface area contributed by atoms with E-state index in [9.17, 15) is 4.79 Å². The fourth-order valence-corrected chi connectivity index (χ4v) is 2.42. The van der Waals surface area contributed by atoms with Crippen LogP contribution < -0.4 is 15.8 Å². The largest absolute Gasteiger partial charge is 0.497 e. The summed E-state index contributed by atoms with van der Waals surface area (Å²) < 4.78 is 10.3. The van der Waals surface area contributed by atoms with E-state index in [1.165, 1.54) is 0 Å². The van der Waals surface area contributed by atoms with Crippen LogP contribution in [0.4, 0.5) is 0 Å². The number of nitrogens with two attached hydrogens (primary N) is 1. The van der Waals surface area contributed by atoms with Gasteiger partial charge in [-0.3, -0.25) is 4.79 Å². The summed E-state index contributed by atoms with van der Waals surface area (Å²) in [6, 6.07) is 7.94. The van der Waals surface area contributed by atoms with E-state index >= 15 is 0 Å². The number of carbonyl (C=O) groups is 1. The SMILES string of the molecule is COc1ccc(C(NC(=O)CC(CN)OC)C2CC2)cc1. The number of nitrogens with one attached hydrogen (secondary N) is 1. The number of benzene rings is 1. The average Bonchev–Trinajstić information content (AvgIpc) is 3.35. The lowest BCUT2D eigenvalue weighted by molar-refractivity contribution is -0.124. The number of carbonyl (C=O) groups excluding carboxylic acids is 1. The fourth-order valence-electron chi connectivity index (χ4n) is 2.42. The second-order valence-electron chi connectivity index (χ2n) is 5.45. The number of ether oxygens (including phenoxy) is 2. The molecule has 116 valence electrons. The Hall–Kier alpha value is -1.59. The molecule has 21 heavy (non-hydrogen) atoms. The molecule has 3 N–H and O–H groups in total. The number of rotatable bonds is 8. The highest BCUT2D eigenvalue weighted by Gasteiger charge is 2.33. The Morgan fingerprint density at radius 2 is 2.00 bits per heavy atom. The molecule has 1 saturated carbocycles. The van der Waals surface area contributed by atoms with Crippen LogP contribution in [-0.4, -0.2) is 32.8 Å². The first-order valence-corrected chi connectivity index (χ1v) is 7.34. The summed E-state index contributed by atoms with van der Waals surface area (Å²) in [5.74, 6) is 1.34. The van der Waals surface area contributed by atoms with Crippen LogP contribution in [0.25, 0.3) is 0 Å². The van der Waals surface area contributed by atoms with Gasteiger partial charge in [0.05, 0.1) is 25.7 Å². The van der Waals surface area contributed by atoms with Crippen molar-refractivity contribution in [2.75, 3.05) is 20.8 Å². The lowest BCUT2D eigenvalue weighted by atomic mass is 10.0. The molecule has 0 spiro atoms. The van der Waals surface area contributed by atoms with E-state index in [4.69, 9.17) is 15.2 Å². The average molecular weight is 292 g/mol. The molecule has 2 unspecified atom stereocenters. The van der Waals surface area contributed by atoms with E-state index in [0.717, 1.165) is 24.2 Å². The first-order valence-electron chi connectivity index (χ1n) is 7.34. The number of hydrogen-bond donors (Lipinski definition) is 2. The Bertz CT molecular complexity index is 453. The maximum absolute atomic E-state index is 12.1. The van der Waals surface area contributed by atoms with Gasteiger partial charge in [-0.25, -0.2) is 0 Å². The molecular formula is C16H24N2O3. The third-order valence-electron chi connectivity index (χ3n) is 3.89. The van der Waals surface area contributed by atoms with Crippen LogP contribution in [-0.2, 0) is 9.53 Å². The first kappa shape index (κ1) is 15.8. The van der Waals surface area contributed by atoms with Gasteiger partial charge in [0.25, 0.3) is 0 Å². The van der Waals surface area contributed by atoms with Crippen LogP contribution in [0.1, 0.15) is 30.9 Å². The molecule has 0 aliphatic heterocycles. The maximum Gasteiger partial charge on any atom is 0.223 e. The highest BCUT2D eigenvalue weighted by atomic mass is 16.5. The van der Waals surface area contributed by atoms with Crippen LogP contribution in [0.5, 0.6) is 5.75 Å². The van der Waals surface area contributed by atoms with Gasteiger partial charge in [0.2, 0.25) is 5.91 Å². The number of amides is 1. The third-order valence-corrected chi connectivity index (χ3v) is 3.89. The van der Waals surface area contributed by atoms with E-state index in [1.807, 2.05) is 24.3 Å². The van der Waals surface area contributed by atoms with Gasteiger partial charge in [-0.2, -0.15) is 0 Å². The smallest absolute Gasteiger partial charge is 0.223 e. The van der Waals surface area contributed by atoms with Crippen molar-refractivity contribution >= 4 is 5.91 Å². The molecular weight excluding hydrogens is 268 g/mol. The molecule has 1 aromatic carbocycles. The molecule has 1 aliphatic carbocycles. The van der Waals surface area contributed by atoms with Gasteiger partial charge in [-0.15, -0.1) is 0 Å². The molecule has 0 bridgehead atoms. The van der Waals surface area contributed by atoms with Crippen LogP contribution in [0.15, 0.2) is 24.3 Å². The monoisotopic (exact) mass is 292 g/mol. The van der Waals surface area contributed by atoms with Crippen molar-refractivity contribution in [1.29, 1.82) is 0 Å². The van der Waals surface area contributed by atoms with Crippen molar-refractivity contribution in [3.63, 3.8) is 0 Å². The lowest BCUT2D eigenvalue weighted by Crippen LogP contribution is -2.35. The standard InChI is InChI=1S/C16H24N2O3/c1-20-13-7-5-12(6-8-13)16(11-3-4-11)18-15(19)9-14(10-17)21-2/h5-8,11,14,16H,3-4,9-10,17H2,1-2H3,(H,18,19). The van der Waals surface area contributed by atoms with E-state index in [-0.39, 0.29) is 18.1 Å². The molecule has 0 radical (unpaired) electrons. The van der Waals surface area contributed by atoms with Crippen LogP contribution >= 0.6 is 0 Å². The Labute approximate surface area is 125 Å². The summed E-state index contributed by atoms with van der Waals surface area (Å²) in [4.78, 5) is 12.1. The van der Waals surface area contributed by atoms with Gasteiger partial charge in [-0.05, 0) is 36.5 Å². The molecule has 5 nitrogen and oxygen atoms in total. The molecule has 1 aromatic rings. The van der Waals surface area contributed by atoms with Crippen molar-refractivity contribution in [2.45, 2.75) is 31.4 Å². The van der Waals surface area contributed by atoms with Gasteiger partial charge in [0.1, 0.15) is 5.75 Å². The molecule has 1 fully saturated rings. The molecule has 0 saturated heterocycles. The highest BCUT2D eigenvalue weighted by molar-refractivity contribution is 5.77. The minimum atomic E-state index is -0.222. The van der Waals surface area contributed by atoms with Crippen molar-refractivity contribution in [3.8, 4) is 5.75 Å². The Morgan fingerprint density at radius 3 is 2.48 bits per heavy atom. The minimum absolute atomic E-state index is 0.0139. The maximum atomic E-state index is 12.1. The summed E-state index contributed by atoms with van der Waals surface area (Å²) in [5.41, 5.74) is 6.68. The van der Waals surface area contributed by atoms with Crippen molar-refractivity contribution in [1.82, 2.24) is 5.32 Å². The summed E-state index contributed by atoms with van der Waals surface area (Å²) >= 11 is 0. The highest BCUT2D eigenvalue weighted by Crippen LogP contribution is 2.41. The predicted molar refractivity (Wildman–Crippen MR) is 81.1 cm³/mol. The molecule has 0 aromatic heterocycles. The molecule has 1 aliphatic rings. The zero-order chi connectivity index (χ0) is 15.2. The summed E-state index contributed by atoms with van der Waals surface area (Å²) in [5, 5.41) is 3.12. The molecule has 2 atom stereocenters. The summed E-state index contributed by atoms with van der Waals surface area (Å²) in [6.07, 6.45) is 2.39. The number of methoxy groups -OCH3 is 2. The van der Waals surface area contributed by atoms with Crippen molar-refractivity contribution in [2.24, 2.45) is 11.7 Å². The zero-order valence-corrected chi connectivity index (χ0v) is 12.7. The molecule has 2 rings (SSSR count). The van der Waals surface area contributed by atoms with Gasteiger partial charge < -0.3 is 20.5 Å². The summed E-state index contributed by atoms with van der Waals surface area (Å²) in [7, 11) is 3.22. The quantitative estimate of drug-likeness (QED) is 0.763. The Morgan fingerprint density at radius 1 is 1.33 bits per heavy atom. The van der Waals surface area contributed by atoms with E-state index in [0.29, 0.717) is 18.9 Å². The van der Waals surface area contributed by atoms with Crippen LogP contribution in [0.2, 0.25) is 0 Å². The van der Waals surface area contributed by atoms with Crippen molar-refractivity contribution < 1.29 is 14.3 Å². The second-order valence-corrected chi connectivity index (χ2v) is 5.45. The summed E-state index contributed by atoms with van der Waals surface area (Å²) in [6.45, 7) is 0.348. The first-order chi connectivity index (χ1) is 10.2. The topological polar surface area (TPSA) is 73.6 Å². The predicted octanol–water partition coefficient (Wildman–Crippen LogP) is 1.63. The normalized spacial score (nSPS) is 17.1.